The third-order valence-electron chi connectivity index (χ3n) is 7.96. The zero-order valence-electron chi connectivity index (χ0n) is 13.7. The number of Topliss-reactive ketones (excluding diaryl/α,β-unsaturated/α-hetero) is 1. The first-order chi connectivity index (χ1) is 10.1. The molecular formula is C20H30O. The summed E-state index contributed by atoms with van der Waals surface area (Å²) in [5, 5.41) is 0. The molecule has 21 heavy (non-hydrogen) atoms. The van der Waals surface area contributed by atoms with Crippen molar-refractivity contribution in [2.45, 2.75) is 71.6 Å². The van der Waals surface area contributed by atoms with Gasteiger partial charge in [0.05, 0.1) is 0 Å². The van der Waals surface area contributed by atoms with Gasteiger partial charge < -0.3 is 0 Å². The van der Waals surface area contributed by atoms with Gasteiger partial charge in [0.2, 0.25) is 0 Å². The molecule has 0 aromatic rings. The lowest BCUT2D eigenvalue weighted by Gasteiger charge is -2.54. The molecule has 4 rings (SSSR count). The molecule has 1 nitrogen and oxygen atoms in total. The van der Waals surface area contributed by atoms with E-state index in [0.717, 1.165) is 42.4 Å². The molecule has 0 aromatic carbocycles. The second-order valence-corrected chi connectivity index (χ2v) is 8.53. The summed E-state index contributed by atoms with van der Waals surface area (Å²) < 4.78 is 0. The molecule has 4 aliphatic carbocycles. The second-order valence-electron chi connectivity index (χ2n) is 8.53. The van der Waals surface area contributed by atoms with E-state index in [4.69, 9.17) is 0 Å². The fourth-order valence-corrected chi connectivity index (χ4v) is 6.98. The average Bonchev–Trinajstić information content (AvgIpc) is 2.83. The van der Waals surface area contributed by atoms with Crippen LogP contribution in [0.5, 0.6) is 0 Å². The predicted molar refractivity (Wildman–Crippen MR) is 85.9 cm³/mol. The van der Waals surface area contributed by atoms with Crippen LogP contribution in [0.1, 0.15) is 71.6 Å². The van der Waals surface area contributed by atoms with Crippen molar-refractivity contribution >= 4 is 5.78 Å². The number of rotatable bonds is 0. The van der Waals surface area contributed by atoms with Gasteiger partial charge in [0.15, 0.2) is 0 Å². The van der Waals surface area contributed by atoms with Crippen LogP contribution in [-0.4, -0.2) is 5.78 Å². The van der Waals surface area contributed by atoms with E-state index in [0.29, 0.717) is 11.2 Å². The van der Waals surface area contributed by atoms with E-state index in [1.54, 1.807) is 5.57 Å². The molecule has 0 N–H and O–H groups in total. The highest BCUT2D eigenvalue weighted by molar-refractivity contribution is 5.79. The van der Waals surface area contributed by atoms with Gasteiger partial charge in [0.1, 0.15) is 5.78 Å². The summed E-state index contributed by atoms with van der Waals surface area (Å²) in [4.78, 5) is 11.8. The summed E-state index contributed by atoms with van der Waals surface area (Å²) in [6, 6.07) is 0. The largest absolute Gasteiger partial charge is 0.300 e. The van der Waals surface area contributed by atoms with Crippen molar-refractivity contribution in [1.29, 1.82) is 0 Å². The molecule has 0 aliphatic heterocycles. The van der Waals surface area contributed by atoms with Crippen molar-refractivity contribution in [3.63, 3.8) is 0 Å². The van der Waals surface area contributed by atoms with E-state index in [9.17, 15) is 4.79 Å². The van der Waals surface area contributed by atoms with Crippen molar-refractivity contribution in [3.8, 4) is 0 Å². The Morgan fingerprint density at radius 3 is 2.67 bits per heavy atom. The summed E-state index contributed by atoms with van der Waals surface area (Å²) >= 11 is 0. The Labute approximate surface area is 129 Å². The molecule has 0 amide bonds. The molecule has 0 bridgehead atoms. The first-order valence-electron chi connectivity index (χ1n) is 9.31. The van der Waals surface area contributed by atoms with Crippen LogP contribution in [0.4, 0.5) is 0 Å². The zero-order valence-corrected chi connectivity index (χ0v) is 13.7. The van der Waals surface area contributed by atoms with Gasteiger partial charge >= 0.3 is 0 Å². The van der Waals surface area contributed by atoms with Gasteiger partial charge in [-0.3, -0.25) is 4.79 Å². The lowest BCUT2D eigenvalue weighted by molar-refractivity contribution is -0.126. The second kappa shape index (κ2) is 4.96. The van der Waals surface area contributed by atoms with Gasteiger partial charge in [-0.15, -0.1) is 0 Å². The first-order valence-corrected chi connectivity index (χ1v) is 9.31. The highest BCUT2D eigenvalue weighted by Crippen LogP contribution is 2.63. The minimum Gasteiger partial charge on any atom is -0.300 e. The van der Waals surface area contributed by atoms with E-state index >= 15 is 0 Å². The van der Waals surface area contributed by atoms with Crippen LogP contribution in [0.25, 0.3) is 0 Å². The SMILES string of the molecule is C/C=C1\CC[C@H]2[C@@H]3CC[C@@H]4CC(=O)CC[C@@H]4[C@H]3CC[C@]12C. The van der Waals surface area contributed by atoms with Crippen LogP contribution in [0.3, 0.4) is 0 Å². The summed E-state index contributed by atoms with van der Waals surface area (Å²) in [5.41, 5.74) is 2.28. The summed E-state index contributed by atoms with van der Waals surface area (Å²) in [7, 11) is 0. The summed E-state index contributed by atoms with van der Waals surface area (Å²) in [5.74, 6) is 5.05. The molecule has 6 atom stereocenters. The molecular weight excluding hydrogens is 256 g/mol. The predicted octanol–water partition coefficient (Wildman–Crippen LogP) is 5.15. The molecule has 4 saturated carbocycles. The third kappa shape index (κ3) is 1.99. The van der Waals surface area contributed by atoms with E-state index in [-0.39, 0.29) is 0 Å². The van der Waals surface area contributed by atoms with Crippen LogP contribution in [0.15, 0.2) is 11.6 Å². The van der Waals surface area contributed by atoms with Crippen LogP contribution in [0, 0.1) is 35.0 Å². The number of ketones is 1. The molecule has 0 unspecified atom stereocenters. The topological polar surface area (TPSA) is 17.1 Å². The summed E-state index contributed by atoms with van der Waals surface area (Å²) in [6.07, 6.45) is 13.8. The highest BCUT2D eigenvalue weighted by Gasteiger charge is 2.54. The number of hydrogen-bond donors (Lipinski definition) is 0. The molecule has 1 heteroatoms. The number of carbonyl (C=O) groups is 1. The fourth-order valence-electron chi connectivity index (χ4n) is 6.98. The van der Waals surface area contributed by atoms with Gasteiger partial charge in [-0.1, -0.05) is 18.6 Å². The van der Waals surface area contributed by atoms with E-state index < -0.39 is 0 Å². The number of hydrogen-bond acceptors (Lipinski definition) is 1. The van der Waals surface area contributed by atoms with Crippen molar-refractivity contribution in [2.75, 3.05) is 0 Å². The molecule has 0 radical (unpaired) electrons. The molecule has 0 spiro atoms. The van der Waals surface area contributed by atoms with Crippen LogP contribution in [0.2, 0.25) is 0 Å². The molecule has 4 fully saturated rings. The number of carbonyl (C=O) groups excluding carboxylic acids is 1. The molecule has 0 heterocycles. The third-order valence-corrected chi connectivity index (χ3v) is 7.96. The minimum absolute atomic E-state index is 0.521. The maximum atomic E-state index is 11.8. The smallest absolute Gasteiger partial charge is 0.133 e. The van der Waals surface area contributed by atoms with Crippen molar-refractivity contribution in [2.24, 2.45) is 35.0 Å². The Kier molecular flexibility index (Phi) is 3.32. The Hall–Kier alpha value is -0.590. The average molecular weight is 286 g/mol. The maximum Gasteiger partial charge on any atom is 0.133 e. The monoisotopic (exact) mass is 286 g/mol. The van der Waals surface area contributed by atoms with Crippen LogP contribution >= 0.6 is 0 Å². The van der Waals surface area contributed by atoms with Crippen LogP contribution in [-0.2, 0) is 4.79 Å². The highest BCUT2D eigenvalue weighted by atomic mass is 16.1. The van der Waals surface area contributed by atoms with E-state index in [1.165, 1.54) is 44.9 Å². The Bertz CT molecular complexity index is 476. The zero-order chi connectivity index (χ0) is 14.6. The standard InChI is InChI=1S/C20H30O/c1-3-14-5-9-19-18-7-4-13-12-15(21)6-8-16(13)17(18)10-11-20(14,19)2/h3,13,16-19H,4-12H2,1-2H3/b14-3+/t13-,16+,17-,18-,19+,20-/m1/s1. The van der Waals surface area contributed by atoms with Crippen molar-refractivity contribution in [3.05, 3.63) is 11.6 Å². The number of allylic oxidation sites excluding steroid dienone is 2. The van der Waals surface area contributed by atoms with Crippen LogP contribution < -0.4 is 0 Å². The first kappa shape index (κ1) is 14.0. The fraction of sp³-hybridized carbons (Fsp3) is 0.850. The Morgan fingerprint density at radius 1 is 1.00 bits per heavy atom. The van der Waals surface area contributed by atoms with E-state index in [1.807, 2.05) is 0 Å². The van der Waals surface area contributed by atoms with Gasteiger partial charge in [-0.25, -0.2) is 0 Å². The summed E-state index contributed by atoms with van der Waals surface area (Å²) in [6.45, 7) is 4.81. The Balaban J connectivity index is 1.59. The van der Waals surface area contributed by atoms with Crippen molar-refractivity contribution in [1.82, 2.24) is 0 Å². The quantitative estimate of drug-likeness (QED) is 0.562. The van der Waals surface area contributed by atoms with Gasteiger partial charge in [0, 0.05) is 12.8 Å². The Morgan fingerprint density at radius 2 is 1.86 bits per heavy atom. The molecule has 116 valence electrons. The number of fused-ring (bicyclic) bond motifs is 5. The molecule has 0 aromatic heterocycles. The molecule has 4 aliphatic rings. The van der Waals surface area contributed by atoms with Crippen molar-refractivity contribution < 1.29 is 4.79 Å². The lowest BCUT2D eigenvalue weighted by Crippen LogP contribution is -2.47. The lowest BCUT2D eigenvalue weighted by atomic mass is 9.50. The van der Waals surface area contributed by atoms with E-state index in [2.05, 4.69) is 19.9 Å². The van der Waals surface area contributed by atoms with Gasteiger partial charge in [-0.2, -0.15) is 0 Å². The van der Waals surface area contributed by atoms with Gasteiger partial charge in [0.25, 0.3) is 0 Å². The molecule has 0 saturated heterocycles. The van der Waals surface area contributed by atoms with Gasteiger partial charge in [-0.05, 0) is 86.9 Å². The normalized spacial score (nSPS) is 51.4. The minimum atomic E-state index is 0.521. The maximum absolute atomic E-state index is 11.8.